The van der Waals surface area contributed by atoms with E-state index in [1.807, 2.05) is 35.6 Å². The molecule has 25 heavy (non-hydrogen) atoms. The number of thiocarbonyl (C=S) groups is 1. The van der Waals surface area contributed by atoms with Gasteiger partial charge in [-0.05, 0) is 31.9 Å². The van der Waals surface area contributed by atoms with Gasteiger partial charge in [0.15, 0.2) is 0 Å². The number of hydrogen-bond donors (Lipinski definition) is 0. The molecule has 1 saturated heterocycles. The fourth-order valence-corrected chi connectivity index (χ4v) is 4.47. The third-order valence-corrected chi connectivity index (χ3v) is 6.10. The molecule has 3 aromatic rings. The highest BCUT2D eigenvalue weighted by atomic mass is 32.2. The van der Waals surface area contributed by atoms with Crippen molar-refractivity contribution < 1.29 is 0 Å². The van der Waals surface area contributed by atoms with Crippen LogP contribution in [0.25, 0.3) is 16.7 Å². The molecule has 0 bridgehead atoms. The second-order valence-electron chi connectivity index (χ2n) is 6.07. The summed E-state index contributed by atoms with van der Waals surface area (Å²) in [6, 6.07) is 7.62. The molecule has 0 spiro atoms. The molecule has 4 rings (SSSR count). The van der Waals surface area contributed by atoms with Gasteiger partial charge in [-0.2, -0.15) is 0 Å². The summed E-state index contributed by atoms with van der Waals surface area (Å²) in [5.41, 5.74) is 0.824. The van der Waals surface area contributed by atoms with E-state index >= 15 is 0 Å². The molecule has 0 radical (unpaired) electrons. The van der Waals surface area contributed by atoms with Crippen molar-refractivity contribution in [2.45, 2.75) is 32.1 Å². The molecule has 6 nitrogen and oxygen atoms in total. The predicted molar refractivity (Wildman–Crippen MR) is 105 cm³/mol. The normalized spacial score (nSPS) is 14.7. The molecule has 2 aromatic heterocycles. The van der Waals surface area contributed by atoms with Gasteiger partial charge in [0.1, 0.15) is 10.1 Å². The summed E-state index contributed by atoms with van der Waals surface area (Å²) in [6.45, 7) is 4.60. The Kier molecular flexibility index (Phi) is 4.47. The average molecular weight is 374 g/mol. The fourth-order valence-electron chi connectivity index (χ4n) is 3.31. The first-order chi connectivity index (χ1) is 12.2. The van der Waals surface area contributed by atoms with E-state index < -0.39 is 0 Å². The lowest BCUT2D eigenvalue weighted by Gasteiger charge is -2.17. The number of aryl methyl sites for hydroxylation is 1. The van der Waals surface area contributed by atoms with Crippen molar-refractivity contribution in [3.63, 3.8) is 0 Å². The molecular formula is C17H19N5OS2. The van der Waals surface area contributed by atoms with E-state index in [1.165, 1.54) is 12.8 Å². The van der Waals surface area contributed by atoms with Crippen LogP contribution in [0, 0.1) is 0 Å². The van der Waals surface area contributed by atoms with Crippen LogP contribution in [-0.4, -0.2) is 41.5 Å². The summed E-state index contributed by atoms with van der Waals surface area (Å²) >= 11 is 7.17. The maximum Gasteiger partial charge on any atom is 0.262 e. The molecule has 0 unspecified atom stereocenters. The van der Waals surface area contributed by atoms with Crippen molar-refractivity contribution in [3.05, 3.63) is 40.4 Å². The van der Waals surface area contributed by atoms with E-state index in [9.17, 15) is 4.79 Å². The first-order valence-corrected chi connectivity index (χ1v) is 9.87. The molecule has 1 aliphatic heterocycles. The second kappa shape index (κ2) is 6.76. The Labute approximate surface area is 154 Å². The van der Waals surface area contributed by atoms with Crippen LogP contribution < -0.4 is 5.56 Å². The Balaban J connectivity index is 1.76. The van der Waals surface area contributed by atoms with E-state index in [2.05, 4.69) is 15.1 Å². The zero-order valence-corrected chi connectivity index (χ0v) is 15.6. The van der Waals surface area contributed by atoms with Crippen LogP contribution in [0.2, 0.25) is 0 Å². The van der Waals surface area contributed by atoms with E-state index in [1.54, 1.807) is 16.3 Å². The Morgan fingerprint density at radius 1 is 1.24 bits per heavy atom. The molecule has 0 N–H and O–H groups in total. The van der Waals surface area contributed by atoms with Crippen LogP contribution in [0.1, 0.15) is 25.6 Å². The standard InChI is InChI=1S/C17H19N5OS2/c1-2-21-15(23)12-7-3-4-8-13(12)22-14(18-19-16(21)22)11-25-17(24)20-9-5-6-10-20/h3-4,7-8H,2,5-6,9-11H2,1H3. The van der Waals surface area contributed by atoms with E-state index in [-0.39, 0.29) is 5.56 Å². The number of para-hydroxylation sites is 1. The molecule has 0 amide bonds. The molecular weight excluding hydrogens is 354 g/mol. The van der Waals surface area contributed by atoms with Gasteiger partial charge in [-0.1, -0.05) is 36.1 Å². The maximum absolute atomic E-state index is 12.7. The summed E-state index contributed by atoms with van der Waals surface area (Å²) in [4.78, 5) is 14.9. The van der Waals surface area contributed by atoms with Crippen molar-refractivity contribution in [2.75, 3.05) is 13.1 Å². The minimum atomic E-state index is -0.0233. The molecule has 0 aliphatic carbocycles. The zero-order valence-electron chi connectivity index (χ0n) is 14.0. The molecule has 3 heterocycles. The van der Waals surface area contributed by atoms with Crippen molar-refractivity contribution in [2.24, 2.45) is 0 Å². The van der Waals surface area contributed by atoms with E-state index in [4.69, 9.17) is 12.2 Å². The predicted octanol–water partition coefficient (Wildman–Crippen LogP) is 2.68. The van der Waals surface area contributed by atoms with Crippen molar-refractivity contribution in [1.29, 1.82) is 0 Å². The third-order valence-electron chi connectivity index (χ3n) is 4.58. The molecule has 1 aromatic carbocycles. The highest BCUT2D eigenvalue weighted by Gasteiger charge is 2.18. The Morgan fingerprint density at radius 2 is 2.00 bits per heavy atom. The number of benzene rings is 1. The summed E-state index contributed by atoms with van der Waals surface area (Å²) < 4.78 is 4.57. The molecule has 1 fully saturated rings. The Bertz CT molecular complexity index is 1000. The van der Waals surface area contributed by atoms with Gasteiger partial charge >= 0.3 is 0 Å². The average Bonchev–Trinajstić information content (AvgIpc) is 3.30. The van der Waals surface area contributed by atoms with Crippen LogP contribution in [0.4, 0.5) is 0 Å². The van der Waals surface area contributed by atoms with Gasteiger partial charge in [-0.3, -0.25) is 13.8 Å². The molecule has 1 aliphatic rings. The smallest absolute Gasteiger partial charge is 0.262 e. The van der Waals surface area contributed by atoms with Gasteiger partial charge in [0.25, 0.3) is 5.56 Å². The quantitative estimate of drug-likeness (QED) is 0.658. The van der Waals surface area contributed by atoms with Crippen LogP contribution >= 0.6 is 24.0 Å². The number of nitrogens with zero attached hydrogens (tertiary/aromatic N) is 5. The summed E-state index contributed by atoms with van der Waals surface area (Å²) in [7, 11) is 0. The number of fused-ring (bicyclic) bond motifs is 3. The fraction of sp³-hybridized carbons (Fsp3) is 0.412. The lowest BCUT2D eigenvalue weighted by Crippen LogP contribution is -2.24. The Morgan fingerprint density at radius 3 is 2.76 bits per heavy atom. The maximum atomic E-state index is 12.7. The summed E-state index contributed by atoms with van der Waals surface area (Å²) in [5.74, 6) is 2.05. The number of rotatable bonds is 3. The van der Waals surface area contributed by atoms with E-state index in [0.29, 0.717) is 23.5 Å². The van der Waals surface area contributed by atoms with Gasteiger partial charge in [0.05, 0.1) is 16.7 Å². The second-order valence-corrected chi connectivity index (χ2v) is 7.68. The number of aromatic nitrogens is 4. The van der Waals surface area contributed by atoms with Gasteiger partial charge in [0.2, 0.25) is 5.78 Å². The first-order valence-electron chi connectivity index (χ1n) is 8.48. The van der Waals surface area contributed by atoms with Gasteiger partial charge in [-0.15, -0.1) is 10.2 Å². The van der Waals surface area contributed by atoms with Crippen molar-refractivity contribution in [3.8, 4) is 0 Å². The zero-order chi connectivity index (χ0) is 17.4. The number of hydrogen-bond acceptors (Lipinski definition) is 5. The van der Waals surface area contributed by atoms with Gasteiger partial charge in [-0.25, -0.2) is 0 Å². The highest BCUT2D eigenvalue weighted by molar-refractivity contribution is 8.22. The third kappa shape index (κ3) is 2.83. The first kappa shape index (κ1) is 16.5. The minimum absolute atomic E-state index is 0.0233. The lowest BCUT2D eigenvalue weighted by atomic mass is 10.2. The molecule has 0 atom stereocenters. The topological polar surface area (TPSA) is 55.4 Å². The van der Waals surface area contributed by atoms with Crippen LogP contribution in [0.15, 0.2) is 29.1 Å². The summed E-state index contributed by atoms with van der Waals surface area (Å²) in [5, 5.41) is 9.31. The lowest BCUT2D eigenvalue weighted by molar-refractivity contribution is 0.539. The van der Waals surface area contributed by atoms with Gasteiger partial charge in [0, 0.05) is 19.6 Å². The number of likely N-dealkylation sites (tertiary alicyclic amines) is 1. The molecule has 8 heteroatoms. The minimum Gasteiger partial charge on any atom is -0.358 e. The number of thioether (sulfide) groups is 1. The van der Waals surface area contributed by atoms with Crippen molar-refractivity contribution in [1.82, 2.24) is 24.1 Å². The van der Waals surface area contributed by atoms with Gasteiger partial charge < -0.3 is 4.90 Å². The monoisotopic (exact) mass is 373 g/mol. The Hall–Kier alpha value is -1.93. The SMILES string of the molecule is CCn1c(=O)c2ccccc2n2c(CSC(=S)N3CCCC3)nnc12. The van der Waals surface area contributed by atoms with E-state index in [0.717, 1.165) is 28.8 Å². The molecule has 0 saturated carbocycles. The van der Waals surface area contributed by atoms with Crippen LogP contribution in [0.3, 0.4) is 0 Å². The van der Waals surface area contributed by atoms with Crippen molar-refractivity contribution >= 4 is 45.0 Å². The summed E-state index contributed by atoms with van der Waals surface area (Å²) in [6.07, 6.45) is 2.42. The van der Waals surface area contributed by atoms with Crippen LogP contribution in [0.5, 0.6) is 0 Å². The highest BCUT2D eigenvalue weighted by Crippen LogP contribution is 2.21. The van der Waals surface area contributed by atoms with Crippen LogP contribution in [-0.2, 0) is 12.3 Å². The largest absolute Gasteiger partial charge is 0.358 e. The molecule has 130 valence electrons.